The summed E-state index contributed by atoms with van der Waals surface area (Å²) in [4.78, 5) is 20.7. The molecule has 0 saturated heterocycles. The van der Waals surface area contributed by atoms with Crippen LogP contribution in [0, 0.1) is 11.3 Å². The van der Waals surface area contributed by atoms with Crippen molar-refractivity contribution in [1.29, 1.82) is 5.26 Å². The zero-order valence-electron chi connectivity index (χ0n) is 5.83. The van der Waals surface area contributed by atoms with Gasteiger partial charge in [-0.15, -0.1) is 0 Å². The normalized spacial score (nSPS) is 11.3. The van der Waals surface area contributed by atoms with Gasteiger partial charge in [0.15, 0.2) is 0 Å². The summed E-state index contributed by atoms with van der Waals surface area (Å²) in [5.41, 5.74) is 4.60. The number of carbonyl (C=O) groups excluding carboxylic acids is 2. The van der Waals surface area contributed by atoms with Crippen LogP contribution in [0.1, 0.15) is 0 Å². The molecule has 6 nitrogen and oxygen atoms in total. The summed E-state index contributed by atoms with van der Waals surface area (Å²) in [5, 5.41) is 9.92. The zero-order valence-corrected chi connectivity index (χ0v) is 5.83. The molecule has 0 fully saturated rings. The van der Waals surface area contributed by atoms with E-state index in [1.165, 1.54) is 13.2 Å². The molecule has 6 heteroatoms. The van der Waals surface area contributed by atoms with E-state index in [0.717, 1.165) is 0 Å². The van der Waals surface area contributed by atoms with E-state index in [2.05, 4.69) is 10.5 Å². The second kappa shape index (κ2) is 4.24. The minimum Gasteiger partial charge on any atom is -0.357 e. The Bertz CT molecular complexity index is 208. The second-order valence-electron chi connectivity index (χ2n) is 1.60. The highest BCUT2D eigenvalue weighted by Gasteiger charge is 2.17. The molecule has 3 N–H and O–H groups in total. The molecule has 0 aromatic carbocycles. The number of rotatable bonds is 2. The molecule has 3 amide bonds. The van der Waals surface area contributed by atoms with Crippen molar-refractivity contribution in [2.75, 3.05) is 7.11 Å². The second-order valence-corrected chi connectivity index (χ2v) is 1.60. The molecular weight excluding hydrogens is 150 g/mol. The van der Waals surface area contributed by atoms with Crippen molar-refractivity contribution in [2.24, 2.45) is 5.73 Å². The van der Waals surface area contributed by atoms with Gasteiger partial charge in [-0.2, -0.15) is 5.26 Å². The molecule has 11 heavy (non-hydrogen) atoms. The zero-order chi connectivity index (χ0) is 8.85. The maximum Gasteiger partial charge on any atom is 0.318 e. The van der Waals surface area contributed by atoms with Gasteiger partial charge in [0.05, 0.1) is 0 Å². The number of nitrogens with one attached hydrogen (secondary N) is 1. The van der Waals surface area contributed by atoms with Crippen LogP contribution in [0.2, 0.25) is 0 Å². The topological polar surface area (TPSA) is 105 Å². The molecule has 0 bridgehead atoms. The molecule has 0 rings (SSSR count). The van der Waals surface area contributed by atoms with E-state index in [4.69, 9.17) is 5.26 Å². The Morgan fingerprint density at radius 2 is 2.27 bits per heavy atom. The van der Waals surface area contributed by atoms with Crippen molar-refractivity contribution in [3.8, 4) is 6.07 Å². The van der Waals surface area contributed by atoms with Gasteiger partial charge in [-0.25, -0.2) is 4.79 Å². The number of amides is 3. The number of urea groups is 1. The Balaban J connectivity index is 4.03. The number of carbonyl (C=O) groups is 2. The smallest absolute Gasteiger partial charge is 0.318 e. The van der Waals surface area contributed by atoms with E-state index >= 15 is 0 Å². The number of nitrogens with two attached hydrogens (primary N) is 1. The highest BCUT2D eigenvalue weighted by atomic mass is 16.5. The van der Waals surface area contributed by atoms with Gasteiger partial charge in [-0.3, -0.25) is 10.1 Å². The Morgan fingerprint density at radius 1 is 1.73 bits per heavy atom. The summed E-state index contributed by atoms with van der Waals surface area (Å²) < 4.78 is 4.38. The fraction of sp³-hybridized carbons (Fsp3) is 0.400. The third-order valence-electron chi connectivity index (χ3n) is 0.837. The number of ether oxygens (including phenoxy) is 1. The summed E-state index contributed by atoms with van der Waals surface area (Å²) in [7, 11) is 1.18. The molecule has 0 aromatic heterocycles. The number of nitrogens with zero attached hydrogens (tertiary/aromatic N) is 1. The van der Waals surface area contributed by atoms with Crippen molar-refractivity contribution in [2.45, 2.75) is 6.10 Å². The van der Waals surface area contributed by atoms with E-state index in [-0.39, 0.29) is 0 Å². The van der Waals surface area contributed by atoms with Crippen LogP contribution in [0.4, 0.5) is 4.79 Å². The number of imide groups is 1. The molecular formula is C5H7N3O3. The van der Waals surface area contributed by atoms with Crippen LogP contribution in [0.15, 0.2) is 0 Å². The van der Waals surface area contributed by atoms with Crippen LogP contribution in [-0.2, 0) is 9.53 Å². The van der Waals surface area contributed by atoms with Crippen LogP contribution in [0.5, 0.6) is 0 Å². The van der Waals surface area contributed by atoms with Crippen LogP contribution in [0.3, 0.4) is 0 Å². The number of hydrogen-bond acceptors (Lipinski definition) is 4. The van der Waals surface area contributed by atoms with Crippen molar-refractivity contribution in [3.63, 3.8) is 0 Å². The monoisotopic (exact) mass is 157 g/mol. The van der Waals surface area contributed by atoms with E-state index < -0.39 is 18.0 Å². The third kappa shape index (κ3) is 3.17. The number of primary amides is 1. The average Bonchev–Trinajstić information content (AvgIpc) is 1.88. The number of hydrogen-bond donors (Lipinski definition) is 2. The van der Waals surface area contributed by atoms with E-state index in [1.54, 1.807) is 5.32 Å². The lowest BCUT2D eigenvalue weighted by molar-refractivity contribution is -0.126. The summed E-state index contributed by atoms with van der Waals surface area (Å²) in [6.07, 6.45) is -1.29. The van der Waals surface area contributed by atoms with Gasteiger partial charge >= 0.3 is 6.03 Å². The lowest BCUT2D eigenvalue weighted by Gasteiger charge is -2.03. The Kier molecular flexibility index (Phi) is 3.62. The van der Waals surface area contributed by atoms with Crippen molar-refractivity contribution >= 4 is 11.9 Å². The first-order valence-electron chi connectivity index (χ1n) is 2.64. The van der Waals surface area contributed by atoms with E-state index in [1.807, 2.05) is 0 Å². The first-order valence-corrected chi connectivity index (χ1v) is 2.64. The molecule has 0 saturated carbocycles. The Hall–Kier alpha value is -1.61. The van der Waals surface area contributed by atoms with Crippen LogP contribution >= 0.6 is 0 Å². The van der Waals surface area contributed by atoms with Gasteiger partial charge in [0.25, 0.3) is 5.91 Å². The Labute approximate surface area is 62.9 Å². The summed E-state index contributed by atoms with van der Waals surface area (Å²) in [6.45, 7) is 0. The average molecular weight is 157 g/mol. The van der Waals surface area contributed by atoms with Crippen molar-refractivity contribution in [1.82, 2.24) is 5.32 Å². The highest BCUT2D eigenvalue weighted by molar-refractivity contribution is 5.97. The molecule has 0 aliphatic rings. The molecule has 60 valence electrons. The summed E-state index contributed by atoms with van der Waals surface area (Å²) >= 11 is 0. The molecule has 1 atom stereocenters. The SMILES string of the molecule is COC(C#N)C(=O)NC(N)=O. The lowest BCUT2D eigenvalue weighted by atomic mass is 10.4. The third-order valence-corrected chi connectivity index (χ3v) is 0.837. The lowest BCUT2D eigenvalue weighted by Crippen LogP contribution is -2.41. The fourth-order valence-electron chi connectivity index (χ4n) is 0.405. The van der Waals surface area contributed by atoms with Gasteiger partial charge < -0.3 is 10.5 Å². The maximum absolute atomic E-state index is 10.7. The molecule has 0 spiro atoms. The van der Waals surface area contributed by atoms with Gasteiger partial charge in [0.2, 0.25) is 6.10 Å². The predicted molar refractivity (Wildman–Crippen MR) is 34.1 cm³/mol. The quantitative estimate of drug-likeness (QED) is 0.520. The van der Waals surface area contributed by atoms with Crippen LogP contribution in [0.25, 0.3) is 0 Å². The highest BCUT2D eigenvalue weighted by Crippen LogP contribution is 1.85. The molecule has 0 heterocycles. The molecule has 0 aliphatic heterocycles. The Morgan fingerprint density at radius 3 is 2.55 bits per heavy atom. The first kappa shape index (κ1) is 9.39. The minimum absolute atomic E-state index is 0.859. The van der Waals surface area contributed by atoms with Crippen molar-refractivity contribution in [3.05, 3.63) is 0 Å². The molecule has 0 radical (unpaired) electrons. The molecule has 1 unspecified atom stereocenters. The fourth-order valence-corrected chi connectivity index (χ4v) is 0.405. The van der Waals surface area contributed by atoms with E-state index in [9.17, 15) is 9.59 Å². The van der Waals surface area contributed by atoms with Gasteiger partial charge in [-0.1, -0.05) is 0 Å². The summed E-state index contributed by atoms with van der Waals surface area (Å²) in [5.74, 6) is -0.859. The standard InChI is InChI=1S/C5H7N3O3/c1-11-3(2-6)4(9)8-5(7)10/h3H,1H3,(H3,7,8,9,10). The first-order chi connectivity index (χ1) is 5.11. The predicted octanol–water partition coefficient (Wildman–Crippen LogP) is -1.28. The van der Waals surface area contributed by atoms with Gasteiger partial charge in [0.1, 0.15) is 6.07 Å². The van der Waals surface area contributed by atoms with Crippen molar-refractivity contribution < 1.29 is 14.3 Å². The van der Waals surface area contributed by atoms with Gasteiger partial charge in [0, 0.05) is 7.11 Å². The largest absolute Gasteiger partial charge is 0.357 e. The maximum atomic E-state index is 10.7. The molecule has 0 aromatic rings. The van der Waals surface area contributed by atoms with Crippen LogP contribution in [-0.4, -0.2) is 25.2 Å². The minimum atomic E-state index is -1.29. The van der Waals surface area contributed by atoms with Crippen LogP contribution < -0.4 is 11.1 Å². The summed E-state index contributed by atoms with van der Waals surface area (Å²) in [6, 6.07) is 0.508. The van der Waals surface area contributed by atoms with Gasteiger partial charge in [-0.05, 0) is 0 Å². The van der Waals surface area contributed by atoms with E-state index in [0.29, 0.717) is 0 Å². The number of methoxy groups -OCH3 is 1. The number of nitriles is 1. The molecule has 0 aliphatic carbocycles.